The molecular formula is C45H10B2F30N2. The van der Waals surface area contributed by atoms with E-state index < -0.39 is 221 Å². The Balaban J connectivity index is 0.000000213. The van der Waals surface area contributed by atoms with Crippen molar-refractivity contribution in [2.45, 2.75) is 13.8 Å². The van der Waals surface area contributed by atoms with Crippen LogP contribution in [0.1, 0.15) is 11.1 Å². The number of aromatic amines is 1. The van der Waals surface area contributed by atoms with Crippen molar-refractivity contribution in [3.05, 3.63) is 204 Å². The van der Waals surface area contributed by atoms with Crippen LogP contribution < -0.4 is 32.8 Å². The smallest absolute Gasteiger partial charge is 0.265 e. The van der Waals surface area contributed by atoms with Crippen LogP contribution in [0.15, 0.2) is 18.5 Å². The Kier molecular flexibility index (Phi) is 16.8. The molecule has 0 aliphatic heterocycles. The summed E-state index contributed by atoms with van der Waals surface area (Å²) in [7, 11) is 0. The van der Waals surface area contributed by atoms with Gasteiger partial charge in [-0.1, -0.05) is 0 Å². The third-order valence-corrected chi connectivity index (χ3v) is 11.2. The Labute approximate surface area is 416 Å². The number of benzene rings is 7. The van der Waals surface area contributed by atoms with E-state index in [0.717, 1.165) is 11.0 Å². The van der Waals surface area contributed by atoms with E-state index in [1.807, 2.05) is 0 Å². The number of H-pyrrole nitrogens is 1. The molecule has 8 rings (SSSR count). The molecule has 8 aromatic rings. The largest absolute Gasteiger partial charge is 0.345 e. The van der Waals surface area contributed by atoms with Crippen LogP contribution in [0.2, 0.25) is 0 Å². The third-order valence-electron chi connectivity index (χ3n) is 11.2. The van der Waals surface area contributed by atoms with Crippen LogP contribution in [0, 0.1) is 188 Å². The van der Waals surface area contributed by atoms with E-state index in [4.69, 9.17) is 0 Å². The molecule has 0 unspecified atom stereocenters. The lowest BCUT2D eigenvalue weighted by molar-refractivity contribution is 0.380. The molecule has 1 N–H and O–H groups in total. The molecule has 0 fully saturated rings. The van der Waals surface area contributed by atoms with Crippen molar-refractivity contribution in [2.24, 2.45) is 0 Å². The number of halogens is 30. The maximum absolute atomic E-state index is 14.4. The van der Waals surface area contributed by atoms with Crippen molar-refractivity contribution in [3.63, 3.8) is 0 Å². The number of rotatable bonds is 6. The van der Waals surface area contributed by atoms with Gasteiger partial charge in [-0.05, 0) is 37.1 Å². The summed E-state index contributed by atoms with van der Waals surface area (Å²) in [6, 6.07) is 4.22. The fraction of sp³-hybridized carbons (Fsp3) is 0.0444. The van der Waals surface area contributed by atoms with Crippen molar-refractivity contribution in [1.82, 2.24) is 9.97 Å². The number of hydrogen-bond acceptors (Lipinski definition) is 1. The zero-order valence-corrected chi connectivity index (χ0v) is 37.2. The average Bonchev–Trinajstić information content (AvgIpc) is 4.06. The second kappa shape index (κ2) is 22.1. The van der Waals surface area contributed by atoms with E-state index in [-0.39, 0.29) is 0 Å². The van der Waals surface area contributed by atoms with Crippen LogP contribution >= 0.6 is 0 Å². The first-order valence-corrected chi connectivity index (χ1v) is 20.1. The number of aromatic nitrogens is 2. The summed E-state index contributed by atoms with van der Waals surface area (Å²) in [5.41, 5.74) is -11.3. The minimum Gasteiger partial charge on any atom is -0.345 e. The fourth-order valence-electron chi connectivity index (χ4n) is 7.31. The molecule has 7 aromatic carbocycles. The van der Waals surface area contributed by atoms with Gasteiger partial charge in [0.1, 0.15) is 0 Å². The molecule has 0 saturated carbocycles. The van der Waals surface area contributed by atoms with Crippen molar-refractivity contribution in [2.75, 3.05) is 0 Å². The number of nitrogens with one attached hydrogen (secondary N) is 1. The van der Waals surface area contributed by atoms with Gasteiger partial charge in [-0.3, -0.25) is 0 Å². The highest BCUT2D eigenvalue weighted by molar-refractivity contribution is 6.96. The summed E-state index contributed by atoms with van der Waals surface area (Å²) in [5.74, 6) is -90.4. The Morgan fingerprint density at radius 3 is 0.570 bits per heavy atom. The molecular weight excluding hydrogens is 1160 g/mol. The highest BCUT2D eigenvalue weighted by Gasteiger charge is 2.47. The Bertz CT molecular complexity index is 3110. The van der Waals surface area contributed by atoms with Crippen LogP contribution in [0.4, 0.5) is 132 Å². The molecule has 416 valence electrons. The number of aryl methyl sites for hydroxylation is 2. The minimum absolute atomic E-state index is 1.05. The van der Waals surface area contributed by atoms with Gasteiger partial charge in [0.25, 0.3) is 13.4 Å². The SMILES string of the molecule is Cc1cc2nc[nH]c2cc1C.Fc1c(F)c(F)c(B(c2c(F)c(F)c(F)c(F)c2F)c2c(F)c(F)c(F)c(F)c2F)c(F)c1F.Fc1c(F)c(F)c(B(c2c(F)c(F)c(F)c(F)c2F)c2c(F)c(F)c(F)c(F)c2F)c(F)c1F. The topological polar surface area (TPSA) is 28.7 Å². The van der Waals surface area contributed by atoms with Crippen molar-refractivity contribution < 1.29 is 132 Å². The van der Waals surface area contributed by atoms with Gasteiger partial charge < -0.3 is 4.98 Å². The molecule has 0 bridgehead atoms. The van der Waals surface area contributed by atoms with Gasteiger partial charge in [0.15, 0.2) is 175 Å². The maximum atomic E-state index is 14.4. The molecule has 34 heteroatoms. The molecule has 0 radical (unpaired) electrons. The Hall–Kier alpha value is -7.96. The molecule has 79 heavy (non-hydrogen) atoms. The predicted octanol–water partition coefficient (Wildman–Crippen LogP) is 10.8. The fourth-order valence-corrected chi connectivity index (χ4v) is 7.31. The first-order valence-electron chi connectivity index (χ1n) is 20.1. The maximum Gasteiger partial charge on any atom is 0.265 e. The van der Waals surface area contributed by atoms with Gasteiger partial charge in [0.05, 0.1) is 17.4 Å². The third kappa shape index (κ3) is 9.78. The highest BCUT2D eigenvalue weighted by Crippen LogP contribution is 2.27. The van der Waals surface area contributed by atoms with Crippen LogP contribution in [0.25, 0.3) is 11.0 Å². The number of fused-ring (bicyclic) bond motifs is 1. The Morgan fingerprint density at radius 1 is 0.241 bits per heavy atom. The molecule has 1 heterocycles. The van der Waals surface area contributed by atoms with Gasteiger partial charge in [-0.2, -0.15) is 0 Å². The van der Waals surface area contributed by atoms with Gasteiger partial charge in [0, 0.05) is 32.8 Å². The van der Waals surface area contributed by atoms with E-state index >= 15 is 0 Å². The van der Waals surface area contributed by atoms with Gasteiger partial charge >= 0.3 is 0 Å². The van der Waals surface area contributed by atoms with Crippen molar-refractivity contribution in [1.29, 1.82) is 0 Å². The molecule has 0 spiro atoms. The average molecular weight is 1170 g/mol. The van der Waals surface area contributed by atoms with E-state index in [2.05, 4.69) is 35.9 Å². The van der Waals surface area contributed by atoms with Crippen LogP contribution in [-0.4, -0.2) is 23.4 Å². The second-order valence-corrected chi connectivity index (χ2v) is 15.6. The monoisotopic (exact) mass is 1170 g/mol. The summed E-state index contributed by atoms with van der Waals surface area (Å²) >= 11 is 0. The zero-order chi connectivity index (χ0) is 59.8. The van der Waals surface area contributed by atoms with E-state index in [0.29, 0.717) is 0 Å². The minimum atomic E-state index is -3.96. The van der Waals surface area contributed by atoms with Gasteiger partial charge in [0.2, 0.25) is 0 Å². The summed E-state index contributed by atoms with van der Waals surface area (Å²) in [5, 5.41) is 0. The number of hydrogen-bond donors (Lipinski definition) is 1. The van der Waals surface area contributed by atoms with Crippen LogP contribution in [-0.2, 0) is 0 Å². The summed E-state index contributed by atoms with van der Waals surface area (Å²) < 4.78 is 417. The van der Waals surface area contributed by atoms with Gasteiger partial charge in [-0.15, -0.1) is 0 Å². The predicted molar refractivity (Wildman–Crippen MR) is 212 cm³/mol. The lowest BCUT2D eigenvalue weighted by Gasteiger charge is -2.21. The second-order valence-electron chi connectivity index (χ2n) is 15.6. The molecule has 0 aliphatic carbocycles. The van der Waals surface area contributed by atoms with Crippen molar-refractivity contribution in [3.8, 4) is 0 Å². The van der Waals surface area contributed by atoms with Crippen molar-refractivity contribution >= 4 is 57.2 Å². The first kappa shape index (κ1) is 60.3. The first-order chi connectivity index (χ1) is 36.6. The van der Waals surface area contributed by atoms with E-state index in [1.54, 1.807) is 6.33 Å². The summed E-state index contributed by atoms with van der Waals surface area (Å²) in [6.45, 7) is -3.71. The van der Waals surface area contributed by atoms with Gasteiger partial charge in [-0.25, -0.2) is 137 Å². The normalized spacial score (nSPS) is 11.3. The Morgan fingerprint density at radius 2 is 0.392 bits per heavy atom. The van der Waals surface area contributed by atoms with Crippen LogP contribution in [0.5, 0.6) is 0 Å². The lowest BCUT2D eigenvalue weighted by atomic mass is 9.36. The molecule has 0 aliphatic rings. The molecule has 0 saturated heterocycles. The number of nitrogens with zero attached hydrogens (tertiary/aromatic N) is 1. The number of imidazole rings is 1. The molecule has 0 amide bonds. The standard InChI is InChI=1S/2C18BF15.C9H10N2/c2*20-4-1(5(21)11(27)16(32)10(4)26)19(2-6(22)12(28)17(33)13(29)7(2)23)3-8(24)14(30)18(34)15(31)9(3)25;1-6-3-8-9(4-7(6)2)11-5-10-8/h;;3-5H,1-2H3,(H,10,11). The lowest BCUT2D eigenvalue weighted by Crippen LogP contribution is -2.60. The molecule has 2 nitrogen and oxygen atoms in total. The molecule has 0 atom stereocenters. The summed E-state index contributed by atoms with van der Waals surface area (Å²) in [6.07, 6.45) is 1.73. The highest BCUT2D eigenvalue weighted by atomic mass is 19.2. The zero-order valence-electron chi connectivity index (χ0n) is 37.2. The van der Waals surface area contributed by atoms with E-state index in [1.165, 1.54) is 11.1 Å². The van der Waals surface area contributed by atoms with Crippen LogP contribution in [0.3, 0.4) is 0 Å². The quantitative estimate of drug-likeness (QED) is 0.0764. The summed E-state index contributed by atoms with van der Waals surface area (Å²) in [4.78, 5) is 7.24. The molecule has 1 aromatic heterocycles. The van der Waals surface area contributed by atoms with E-state index in [9.17, 15) is 132 Å².